The van der Waals surface area contributed by atoms with Crippen LogP contribution in [0.15, 0.2) is 67.3 Å². The van der Waals surface area contributed by atoms with Gasteiger partial charge in [0, 0.05) is 36.8 Å². The van der Waals surface area contributed by atoms with Crippen molar-refractivity contribution in [2.45, 2.75) is 6.04 Å². The van der Waals surface area contributed by atoms with E-state index in [-0.39, 0.29) is 11.9 Å². The van der Waals surface area contributed by atoms with E-state index in [2.05, 4.69) is 44.7 Å². The van der Waals surface area contributed by atoms with Gasteiger partial charge in [0.1, 0.15) is 12.7 Å². The average molecular weight is 359 g/mol. The van der Waals surface area contributed by atoms with Crippen LogP contribution < -0.4 is 5.32 Å². The second kappa shape index (κ2) is 6.63. The van der Waals surface area contributed by atoms with Crippen molar-refractivity contribution in [3.63, 3.8) is 0 Å². The number of fused-ring (bicyclic) bond motifs is 1. The third-order valence-electron chi connectivity index (χ3n) is 5.78. The molecule has 2 aromatic carbocycles. The first-order valence-corrected chi connectivity index (χ1v) is 9.33. The van der Waals surface area contributed by atoms with Gasteiger partial charge in [-0.15, -0.1) is 10.2 Å². The Morgan fingerprint density at radius 1 is 1.00 bits per heavy atom. The summed E-state index contributed by atoms with van der Waals surface area (Å²) < 4.78 is 1.81. The molecule has 5 rings (SSSR count). The first-order chi connectivity index (χ1) is 13.3. The molecule has 0 saturated carbocycles. The highest BCUT2D eigenvalue weighted by Crippen LogP contribution is 2.43. The molecule has 0 spiro atoms. The molecule has 0 bridgehead atoms. The minimum atomic E-state index is 0.0909. The van der Waals surface area contributed by atoms with E-state index in [1.807, 2.05) is 34.9 Å². The highest BCUT2D eigenvalue weighted by Gasteiger charge is 2.46. The Labute approximate surface area is 157 Å². The van der Waals surface area contributed by atoms with Crippen LogP contribution in [0, 0.1) is 11.8 Å². The van der Waals surface area contributed by atoms with Crippen LogP contribution in [-0.2, 0) is 0 Å². The molecule has 1 N–H and O–H groups in total. The Bertz CT molecular complexity index is 940. The van der Waals surface area contributed by atoms with E-state index in [0.717, 1.165) is 25.3 Å². The smallest absolute Gasteiger partial charge is 0.254 e. The molecular formula is C21H21N5O. The van der Waals surface area contributed by atoms with Crippen molar-refractivity contribution in [2.24, 2.45) is 11.8 Å². The van der Waals surface area contributed by atoms with Crippen LogP contribution in [0.5, 0.6) is 0 Å². The lowest BCUT2D eigenvalue weighted by Crippen LogP contribution is -2.34. The molecule has 1 amide bonds. The van der Waals surface area contributed by atoms with Gasteiger partial charge in [-0.25, -0.2) is 0 Å². The maximum Gasteiger partial charge on any atom is 0.254 e. The fourth-order valence-corrected chi connectivity index (χ4v) is 4.51. The molecule has 0 unspecified atom stereocenters. The fraction of sp³-hybridized carbons (Fsp3) is 0.286. The number of nitrogens with zero attached hydrogens (tertiary/aromatic N) is 4. The van der Waals surface area contributed by atoms with E-state index < -0.39 is 0 Å². The number of likely N-dealkylation sites (tertiary alicyclic amines) is 1. The van der Waals surface area contributed by atoms with E-state index in [0.29, 0.717) is 17.4 Å². The van der Waals surface area contributed by atoms with Crippen molar-refractivity contribution in [2.75, 3.05) is 19.6 Å². The molecule has 2 aliphatic heterocycles. The van der Waals surface area contributed by atoms with Crippen LogP contribution in [0.2, 0.25) is 0 Å². The number of hydrogen-bond donors (Lipinski definition) is 1. The lowest BCUT2D eigenvalue weighted by molar-refractivity contribution is 0.0714. The van der Waals surface area contributed by atoms with Crippen molar-refractivity contribution in [3.05, 3.63) is 78.4 Å². The molecule has 6 nitrogen and oxygen atoms in total. The van der Waals surface area contributed by atoms with Crippen LogP contribution in [0.1, 0.15) is 22.0 Å². The first-order valence-electron chi connectivity index (χ1n) is 9.33. The van der Waals surface area contributed by atoms with Gasteiger partial charge in [0.2, 0.25) is 0 Å². The highest BCUT2D eigenvalue weighted by molar-refractivity contribution is 5.95. The molecule has 136 valence electrons. The lowest BCUT2D eigenvalue weighted by Gasteiger charge is -2.28. The minimum Gasteiger partial charge on any atom is -0.331 e. The number of carbonyl (C=O) groups excluding carboxylic acids is 1. The lowest BCUT2D eigenvalue weighted by atomic mass is 9.89. The summed E-state index contributed by atoms with van der Waals surface area (Å²) in [5.41, 5.74) is 2.82. The number of aromatic nitrogens is 3. The first kappa shape index (κ1) is 16.2. The molecule has 3 atom stereocenters. The standard InChI is InChI=1S/C21H21N5O/c27-21(16-7-4-8-18(9-16)25-13-23-24-14-25)26-12-17-10-22-11-19(17)20(26)15-5-2-1-3-6-15/h1-9,13-14,17,19-20,22H,10-12H2/t17-,19-,20+/m0/s1. The van der Waals surface area contributed by atoms with E-state index in [9.17, 15) is 4.79 Å². The maximum absolute atomic E-state index is 13.4. The maximum atomic E-state index is 13.4. The topological polar surface area (TPSA) is 63.1 Å². The molecule has 0 aliphatic carbocycles. The van der Waals surface area contributed by atoms with Gasteiger partial charge in [-0.3, -0.25) is 9.36 Å². The molecule has 27 heavy (non-hydrogen) atoms. The van der Waals surface area contributed by atoms with Crippen LogP contribution in [-0.4, -0.2) is 45.2 Å². The van der Waals surface area contributed by atoms with E-state index >= 15 is 0 Å². The van der Waals surface area contributed by atoms with Crippen molar-refractivity contribution in [1.82, 2.24) is 25.0 Å². The van der Waals surface area contributed by atoms with Crippen LogP contribution >= 0.6 is 0 Å². The van der Waals surface area contributed by atoms with Gasteiger partial charge in [0.05, 0.1) is 6.04 Å². The van der Waals surface area contributed by atoms with Gasteiger partial charge < -0.3 is 10.2 Å². The van der Waals surface area contributed by atoms with E-state index in [1.54, 1.807) is 12.7 Å². The zero-order chi connectivity index (χ0) is 18.2. The molecule has 1 aromatic heterocycles. The fourth-order valence-electron chi connectivity index (χ4n) is 4.51. The summed E-state index contributed by atoms with van der Waals surface area (Å²) in [6.07, 6.45) is 3.28. The highest BCUT2D eigenvalue weighted by atomic mass is 16.2. The molecule has 2 saturated heterocycles. The Morgan fingerprint density at radius 3 is 2.63 bits per heavy atom. The SMILES string of the molecule is O=C(c1cccc(-n2cnnc2)c1)N1C[C@@H]2CNC[C@@H]2[C@H]1c1ccccc1. The van der Waals surface area contributed by atoms with Crippen molar-refractivity contribution in [3.8, 4) is 5.69 Å². The van der Waals surface area contributed by atoms with Crippen molar-refractivity contribution >= 4 is 5.91 Å². The third-order valence-corrected chi connectivity index (χ3v) is 5.78. The summed E-state index contributed by atoms with van der Waals surface area (Å²) in [5.74, 6) is 1.07. The van der Waals surface area contributed by atoms with Crippen LogP contribution in [0.25, 0.3) is 5.69 Å². The molecule has 3 aromatic rings. The Balaban J connectivity index is 1.49. The monoisotopic (exact) mass is 359 g/mol. The molecule has 3 heterocycles. The van der Waals surface area contributed by atoms with Gasteiger partial charge in [-0.2, -0.15) is 0 Å². The van der Waals surface area contributed by atoms with Gasteiger partial charge in [-0.05, 0) is 29.7 Å². The predicted molar refractivity (Wildman–Crippen MR) is 101 cm³/mol. The Kier molecular flexibility index (Phi) is 3.98. The number of amides is 1. The summed E-state index contributed by atoms with van der Waals surface area (Å²) >= 11 is 0. The zero-order valence-electron chi connectivity index (χ0n) is 14.9. The van der Waals surface area contributed by atoms with Crippen molar-refractivity contribution in [1.29, 1.82) is 0 Å². The largest absolute Gasteiger partial charge is 0.331 e. The van der Waals surface area contributed by atoms with Gasteiger partial charge in [0.15, 0.2) is 0 Å². The van der Waals surface area contributed by atoms with Gasteiger partial charge in [0.25, 0.3) is 5.91 Å². The van der Waals surface area contributed by atoms with Crippen LogP contribution in [0.4, 0.5) is 0 Å². The summed E-state index contributed by atoms with van der Waals surface area (Å²) in [4.78, 5) is 15.5. The number of nitrogens with one attached hydrogen (secondary N) is 1. The van der Waals surface area contributed by atoms with E-state index in [1.165, 1.54) is 5.56 Å². The summed E-state index contributed by atoms with van der Waals surface area (Å²) in [6.45, 7) is 2.75. The van der Waals surface area contributed by atoms with Crippen LogP contribution in [0.3, 0.4) is 0 Å². The van der Waals surface area contributed by atoms with E-state index in [4.69, 9.17) is 0 Å². The number of hydrogen-bond acceptors (Lipinski definition) is 4. The third kappa shape index (κ3) is 2.82. The average Bonchev–Trinajstić information content (AvgIpc) is 3.45. The Morgan fingerprint density at radius 2 is 1.81 bits per heavy atom. The number of carbonyl (C=O) groups is 1. The van der Waals surface area contributed by atoms with Crippen molar-refractivity contribution < 1.29 is 4.79 Å². The summed E-state index contributed by atoms with van der Waals surface area (Å²) in [5, 5.41) is 11.2. The minimum absolute atomic E-state index is 0.0909. The molecule has 2 aliphatic rings. The van der Waals surface area contributed by atoms with Gasteiger partial charge in [-0.1, -0.05) is 36.4 Å². The predicted octanol–water partition coefficient (Wildman–Crippen LogP) is 2.30. The molecule has 0 radical (unpaired) electrons. The Hall–Kier alpha value is -2.99. The summed E-state index contributed by atoms with van der Waals surface area (Å²) in [7, 11) is 0. The molecule has 6 heteroatoms. The quantitative estimate of drug-likeness (QED) is 0.779. The molecular weight excluding hydrogens is 338 g/mol. The number of rotatable bonds is 3. The molecule has 2 fully saturated rings. The second-order valence-corrected chi connectivity index (χ2v) is 7.31. The number of benzene rings is 2. The summed E-state index contributed by atoms with van der Waals surface area (Å²) in [6, 6.07) is 18.2. The van der Waals surface area contributed by atoms with Gasteiger partial charge >= 0.3 is 0 Å². The zero-order valence-corrected chi connectivity index (χ0v) is 14.9. The normalized spacial score (nSPS) is 24.1. The second-order valence-electron chi connectivity index (χ2n) is 7.31.